The molecule has 48 heavy (non-hydrogen) atoms. The number of carbonyl (C=O) groups excluding carboxylic acids is 1. The standard InChI is InChI=1S/C36H46N10O2/c1-22(2)20-45-31-24-12-7-9-14-26(24)39-33(37)29(31)41-35(45)43(5)17-11-16-28(47)48-19-18-44(6)36-42-30-32(46(36)21-23(3)4)25-13-8-10-15-27(25)40-34(30)38/h7-10,12-15,22-23H,11,16-21H2,1-6H3,(H2,37,39)(H2,38,40). The maximum absolute atomic E-state index is 12.8. The number of benzene rings is 2. The number of rotatable bonds is 13. The molecule has 0 aliphatic carbocycles. The van der Waals surface area contributed by atoms with Crippen LogP contribution in [0.15, 0.2) is 48.5 Å². The molecule has 6 aromatic rings. The van der Waals surface area contributed by atoms with Crippen LogP contribution in [0.1, 0.15) is 40.5 Å². The molecule has 2 aromatic carbocycles. The number of hydrogen-bond donors (Lipinski definition) is 2. The molecule has 4 aromatic heterocycles. The molecule has 252 valence electrons. The van der Waals surface area contributed by atoms with Gasteiger partial charge in [-0.25, -0.2) is 19.9 Å². The molecule has 0 saturated heterocycles. The van der Waals surface area contributed by atoms with Gasteiger partial charge in [-0.15, -0.1) is 0 Å². The first-order valence-corrected chi connectivity index (χ1v) is 16.7. The fraction of sp³-hybridized carbons (Fsp3) is 0.417. The summed E-state index contributed by atoms with van der Waals surface area (Å²) in [4.78, 5) is 35.9. The predicted octanol–water partition coefficient (Wildman–Crippen LogP) is 5.85. The third kappa shape index (κ3) is 6.39. The van der Waals surface area contributed by atoms with Gasteiger partial charge in [0.1, 0.15) is 17.6 Å². The minimum Gasteiger partial charge on any atom is -0.464 e. The van der Waals surface area contributed by atoms with E-state index in [1.54, 1.807) is 0 Å². The van der Waals surface area contributed by atoms with Gasteiger partial charge in [0.2, 0.25) is 11.9 Å². The molecule has 0 fully saturated rings. The van der Waals surface area contributed by atoms with Crippen molar-refractivity contribution in [2.24, 2.45) is 11.8 Å². The maximum Gasteiger partial charge on any atom is 0.305 e. The molecule has 4 heterocycles. The number of nitrogens with zero attached hydrogens (tertiary/aromatic N) is 8. The van der Waals surface area contributed by atoms with Crippen LogP contribution < -0.4 is 21.3 Å². The Morgan fingerprint density at radius 1 is 0.729 bits per heavy atom. The Morgan fingerprint density at radius 2 is 1.19 bits per heavy atom. The number of fused-ring (bicyclic) bond motifs is 6. The third-order valence-corrected chi connectivity index (χ3v) is 8.52. The number of aromatic nitrogens is 6. The molecule has 0 bridgehead atoms. The van der Waals surface area contributed by atoms with Gasteiger partial charge in [0.15, 0.2) is 11.6 Å². The lowest BCUT2D eigenvalue weighted by Crippen LogP contribution is -2.27. The van der Waals surface area contributed by atoms with E-state index in [0.717, 1.165) is 57.8 Å². The highest BCUT2D eigenvalue weighted by Gasteiger charge is 2.22. The van der Waals surface area contributed by atoms with E-state index >= 15 is 0 Å². The van der Waals surface area contributed by atoms with Crippen molar-refractivity contribution in [2.45, 2.75) is 53.6 Å². The molecule has 6 rings (SSSR count). The van der Waals surface area contributed by atoms with E-state index in [1.807, 2.05) is 55.4 Å². The normalized spacial score (nSPS) is 11.9. The molecular weight excluding hydrogens is 604 g/mol. The zero-order chi connectivity index (χ0) is 34.1. The number of esters is 1. The second-order valence-electron chi connectivity index (χ2n) is 13.4. The van der Waals surface area contributed by atoms with Crippen molar-refractivity contribution in [2.75, 3.05) is 55.1 Å². The van der Waals surface area contributed by atoms with Crippen molar-refractivity contribution >= 4 is 73.4 Å². The Kier molecular flexibility index (Phi) is 9.25. The summed E-state index contributed by atoms with van der Waals surface area (Å²) in [7, 11) is 3.96. The largest absolute Gasteiger partial charge is 0.464 e. The Hall–Kier alpha value is -5.13. The molecule has 0 spiro atoms. The average molecular weight is 651 g/mol. The number of hydrogen-bond acceptors (Lipinski definition) is 10. The lowest BCUT2D eigenvalue weighted by Gasteiger charge is -2.22. The zero-order valence-corrected chi connectivity index (χ0v) is 28.8. The second-order valence-corrected chi connectivity index (χ2v) is 13.4. The van der Waals surface area contributed by atoms with E-state index in [1.165, 1.54) is 0 Å². The van der Waals surface area contributed by atoms with E-state index in [-0.39, 0.29) is 12.6 Å². The first-order chi connectivity index (χ1) is 23.0. The highest BCUT2D eigenvalue weighted by Crippen LogP contribution is 2.34. The summed E-state index contributed by atoms with van der Waals surface area (Å²) in [6.07, 6.45) is 0.916. The van der Waals surface area contributed by atoms with E-state index in [9.17, 15) is 4.79 Å². The monoisotopic (exact) mass is 650 g/mol. The SMILES string of the molecule is CC(C)Cn1c(N(C)CCCC(=O)OCCN(C)c2nc3c(N)nc4ccccc4c3n2CC(C)C)nc2c(N)nc3ccccc3c21. The van der Waals surface area contributed by atoms with E-state index in [2.05, 4.69) is 63.8 Å². The summed E-state index contributed by atoms with van der Waals surface area (Å²) >= 11 is 0. The molecule has 0 unspecified atom stereocenters. The first kappa shape index (κ1) is 32.8. The van der Waals surface area contributed by atoms with Crippen molar-refractivity contribution in [3.05, 3.63) is 48.5 Å². The molecule has 12 nitrogen and oxygen atoms in total. The lowest BCUT2D eigenvalue weighted by molar-refractivity contribution is -0.143. The van der Waals surface area contributed by atoms with Crippen LogP contribution in [0, 0.1) is 11.8 Å². The number of anilines is 4. The van der Waals surface area contributed by atoms with Crippen LogP contribution in [0.2, 0.25) is 0 Å². The second kappa shape index (κ2) is 13.5. The van der Waals surface area contributed by atoms with E-state index < -0.39 is 0 Å². The molecule has 0 saturated carbocycles. The first-order valence-electron chi connectivity index (χ1n) is 16.7. The van der Waals surface area contributed by atoms with E-state index in [0.29, 0.717) is 60.4 Å². The van der Waals surface area contributed by atoms with Crippen molar-refractivity contribution in [1.29, 1.82) is 0 Å². The Bertz CT molecular complexity index is 1950. The Balaban J connectivity index is 1.10. The Morgan fingerprint density at radius 3 is 1.67 bits per heavy atom. The minimum atomic E-state index is -0.234. The number of nitrogens with two attached hydrogens (primary N) is 2. The highest BCUT2D eigenvalue weighted by atomic mass is 16.5. The number of nitrogen functional groups attached to an aromatic ring is 2. The van der Waals surface area contributed by atoms with Gasteiger partial charge >= 0.3 is 5.97 Å². The topological polar surface area (TPSA) is 146 Å². The quantitative estimate of drug-likeness (QED) is 0.146. The van der Waals surface area contributed by atoms with Gasteiger partial charge in [0.05, 0.1) is 28.6 Å². The van der Waals surface area contributed by atoms with Gasteiger partial charge in [-0.1, -0.05) is 64.1 Å². The smallest absolute Gasteiger partial charge is 0.305 e. The molecule has 0 aliphatic heterocycles. The van der Waals surface area contributed by atoms with Crippen molar-refractivity contribution in [3.63, 3.8) is 0 Å². The van der Waals surface area contributed by atoms with Crippen LogP contribution in [0.3, 0.4) is 0 Å². The fourth-order valence-electron chi connectivity index (χ4n) is 6.38. The molecule has 4 N–H and O–H groups in total. The van der Waals surface area contributed by atoms with Crippen LogP contribution in [0.25, 0.3) is 43.9 Å². The fourth-order valence-corrected chi connectivity index (χ4v) is 6.38. The van der Waals surface area contributed by atoms with Crippen LogP contribution in [-0.2, 0) is 22.6 Å². The predicted molar refractivity (Wildman–Crippen MR) is 195 cm³/mol. The maximum atomic E-state index is 12.8. The van der Waals surface area contributed by atoms with Crippen molar-refractivity contribution in [1.82, 2.24) is 29.1 Å². The minimum absolute atomic E-state index is 0.234. The molecular formula is C36H46N10O2. The zero-order valence-electron chi connectivity index (χ0n) is 28.8. The van der Waals surface area contributed by atoms with Crippen molar-refractivity contribution < 1.29 is 9.53 Å². The number of ether oxygens (including phenoxy) is 1. The Labute approximate surface area is 280 Å². The van der Waals surface area contributed by atoms with Gasteiger partial charge in [0.25, 0.3) is 0 Å². The van der Waals surface area contributed by atoms with Crippen LogP contribution in [0.4, 0.5) is 23.5 Å². The highest BCUT2D eigenvalue weighted by molar-refractivity contribution is 6.08. The van der Waals surface area contributed by atoms with Gasteiger partial charge < -0.3 is 35.1 Å². The summed E-state index contributed by atoms with van der Waals surface area (Å²) in [5.41, 5.74) is 17.8. The summed E-state index contributed by atoms with van der Waals surface area (Å²) < 4.78 is 10.1. The number of carbonyl (C=O) groups is 1. The molecule has 0 amide bonds. The van der Waals surface area contributed by atoms with Crippen LogP contribution in [-0.4, -0.2) is 68.8 Å². The summed E-state index contributed by atoms with van der Waals surface area (Å²) in [5, 5.41) is 2.04. The number of pyridine rings is 2. The number of para-hydroxylation sites is 2. The average Bonchev–Trinajstić information content (AvgIpc) is 3.61. The van der Waals surface area contributed by atoms with Gasteiger partial charge in [0, 0.05) is 50.9 Å². The van der Waals surface area contributed by atoms with Crippen LogP contribution >= 0.6 is 0 Å². The molecule has 0 aliphatic rings. The summed E-state index contributed by atoms with van der Waals surface area (Å²) in [6.45, 7) is 11.6. The molecule has 12 heteroatoms. The number of imidazole rings is 2. The molecule has 0 radical (unpaired) electrons. The summed E-state index contributed by atoms with van der Waals surface area (Å²) in [6, 6.07) is 16.0. The third-order valence-electron chi connectivity index (χ3n) is 8.52. The van der Waals surface area contributed by atoms with E-state index in [4.69, 9.17) is 26.2 Å². The number of likely N-dealkylation sites (N-methyl/N-ethyl adjacent to an activating group) is 1. The lowest BCUT2D eigenvalue weighted by atomic mass is 10.1. The van der Waals surface area contributed by atoms with Gasteiger partial charge in [-0.05, 0) is 30.4 Å². The van der Waals surface area contributed by atoms with Crippen LogP contribution in [0.5, 0.6) is 0 Å². The van der Waals surface area contributed by atoms with Crippen molar-refractivity contribution in [3.8, 4) is 0 Å². The van der Waals surface area contributed by atoms with Gasteiger partial charge in [-0.3, -0.25) is 4.79 Å². The molecule has 0 atom stereocenters. The van der Waals surface area contributed by atoms with Gasteiger partial charge in [-0.2, -0.15) is 0 Å². The summed E-state index contributed by atoms with van der Waals surface area (Å²) in [5.74, 6) is 2.95.